The number of rotatable bonds is 42. The lowest BCUT2D eigenvalue weighted by Crippen LogP contribution is -2.55. The maximum Gasteiger partial charge on any atom is 0.306 e. The van der Waals surface area contributed by atoms with Gasteiger partial charge in [0.05, 0.1) is 40.3 Å². The van der Waals surface area contributed by atoms with Gasteiger partial charge in [-0.05, 0) is 109 Å². The summed E-state index contributed by atoms with van der Waals surface area (Å²) in [6.45, 7) is 4.41. The first-order chi connectivity index (χ1) is 31.1. The molecule has 0 aliphatic carbocycles. The summed E-state index contributed by atoms with van der Waals surface area (Å²) < 4.78 is 17.1. The Morgan fingerprint density at radius 1 is 0.484 bits per heavy atom. The van der Waals surface area contributed by atoms with E-state index < -0.39 is 18.1 Å². The van der Waals surface area contributed by atoms with Gasteiger partial charge >= 0.3 is 11.9 Å². The summed E-state index contributed by atoms with van der Waals surface area (Å²) in [6, 6.07) is -0.748. The van der Waals surface area contributed by atoms with Crippen molar-refractivity contribution in [2.24, 2.45) is 0 Å². The number of nitrogens with zero attached hydrogens (tertiary/aromatic N) is 1. The second kappa shape index (κ2) is 45.3. The van der Waals surface area contributed by atoms with Gasteiger partial charge in [-0.2, -0.15) is 0 Å². The van der Waals surface area contributed by atoms with E-state index in [1.54, 1.807) is 21.1 Å². The molecule has 0 rings (SSSR count). The highest BCUT2D eigenvalue weighted by Crippen LogP contribution is 2.11. The molecular formula is C56H89NO7. The molecule has 0 aromatic rings. The number of carboxylic acids is 1. The molecule has 64 heavy (non-hydrogen) atoms. The lowest BCUT2D eigenvalue weighted by molar-refractivity contribution is -0.889. The molecule has 360 valence electrons. The van der Waals surface area contributed by atoms with Crippen LogP contribution in [0, 0.1) is 0 Å². The first-order valence-electron chi connectivity index (χ1n) is 24.6. The monoisotopic (exact) mass is 888 g/mol. The molecule has 0 aliphatic rings. The van der Waals surface area contributed by atoms with Gasteiger partial charge in [-0.15, -0.1) is 0 Å². The number of carbonyl (C=O) groups is 3. The first-order valence-corrected chi connectivity index (χ1v) is 24.6. The Morgan fingerprint density at radius 2 is 0.875 bits per heavy atom. The molecule has 0 aromatic carbocycles. The van der Waals surface area contributed by atoms with Crippen LogP contribution >= 0.6 is 0 Å². The number of carbonyl (C=O) groups excluding carboxylic acids is 3. The smallest absolute Gasteiger partial charge is 0.306 e. The fraction of sp³-hybridized carbons (Fsp3) is 0.589. The van der Waals surface area contributed by atoms with Crippen LogP contribution < -0.4 is 5.11 Å². The molecule has 0 radical (unpaired) electrons. The minimum Gasteiger partial charge on any atom is -0.544 e. The number of hydrogen-bond acceptors (Lipinski definition) is 7. The molecule has 8 nitrogen and oxygen atoms in total. The van der Waals surface area contributed by atoms with Crippen LogP contribution in [-0.2, 0) is 28.6 Å². The lowest BCUT2D eigenvalue weighted by Gasteiger charge is -2.34. The average molecular weight is 888 g/mol. The number of quaternary nitrogens is 1. The van der Waals surface area contributed by atoms with E-state index in [-0.39, 0.29) is 49.1 Å². The highest BCUT2D eigenvalue weighted by molar-refractivity contribution is 5.70. The summed E-state index contributed by atoms with van der Waals surface area (Å²) >= 11 is 0. The van der Waals surface area contributed by atoms with Crippen molar-refractivity contribution in [3.05, 3.63) is 122 Å². The molecule has 0 fully saturated rings. The maximum atomic E-state index is 12.8. The quantitative estimate of drug-likeness (QED) is 0.0260. The van der Waals surface area contributed by atoms with Gasteiger partial charge in [0, 0.05) is 19.3 Å². The van der Waals surface area contributed by atoms with Crippen molar-refractivity contribution in [1.29, 1.82) is 0 Å². The Hall–Kier alpha value is -4.27. The average Bonchev–Trinajstić information content (AvgIpc) is 3.26. The summed E-state index contributed by atoms with van der Waals surface area (Å²) in [7, 11) is 5.37. The van der Waals surface area contributed by atoms with Gasteiger partial charge in [0.15, 0.2) is 6.10 Å². The van der Waals surface area contributed by atoms with E-state index in [0.717, 1.165) is 96.3 Å². The minimum atomic E-state index is -1.14. The zero-order valence-electron chi connectivity index (χ0n) is 40.9. The van der Waals surface area contributed by atoms with Crippen LogP contribution in [0.5, 0.6) is 0 Å². The molecule has 0 bridgehead atoms. The van der Waals surface area contributed by atoms with Crippen LogP contribution in [0.25, 0.3) is 0 Å². The number of ether oxygens (including phenoxy) is 3. The lowest BCUT2D eigenvalue weighted by atomic mass is 10.1. The normalized spacial score (nSPS) is 14.0. The Labute approximate surface area is 391 Å². The molecule has 8 heteroatoms. The SMILES string of the molecule is CC/C=C/C/C=C/C/C=C/C/C=C/C/C=C/CCCCCC(=O)OCC(COCCC(C(=O)[O-])[N+](C)(C)C)OC(=O)CCCC/C=C/C/C=C/C/C=C/C/C=C/C/C=C/CCCCC. The summed E-state index contributed by atoms with van der Waals surface area (Å²) in [6.07, 6.45) is 63.7. The Morgan fingerprint density at radius 3 is 1.30 bits per heavy atom. The molecule has 0 saturated heterocycles. The standard InChI is InChI=1S/C56H89NO7/c1-6-8-10-12-14-16-18-20-22-24-26-27-29-31-33-35-37-39-41-43-45-47-55(59)64-52(50-62-49-48-53(56(60)61)57(3,4)5)51-63-54(58)46-44-42-40-38-36-34-32-30-28-25-23-21-19-17-15-13-11-9-7-2/h9,11,14-17,20-23,26-28,30-31,33-34,36-37,39,52-53H,6-8,10,12-13,18-19,24-25,29,32,35,38,40-51H2,1-5H3/b11-9+,16-14+,17-15+,22-20+,23-21+,27-26+,30-28+,33-31+,36-34+,39-37+. The van der Waals surface area contributed by atoms with Crippen LogP contribution in [0.15, 0.2) is 122 Å². The van der Waals surface area contributed by atoms with Crippen molar-refractivity contribution in [3.63, 3.8) is 0 Å². The van der Waals surface area contributed by atoms with E-state index in [1.807, 2.05) is 0 Å². The fourth-order valence-corrected chi connectivity index (χ4v) is 6.29. The summed E-state index contributed by atoms with van der Waals surface area (Å²) in [4.78, 5) is 37.0. The van der Waals surface area contributed by atoms with E-state index in [1.165, 1.54) is 25.7 Å². The summed E-state index contributed by atoms with van der Waals surface area (Å²) in [5.74, 6) is -1.85. The number of carboxylic acid groups (broad SMARTS) is 1. The van der Waals surface area contributed by atoms with Crippen LogP contribution in [0.1, 0.15) is 162 Å². The largest absolute Gasteiger partial charge is 0.544 e. The first kappa shape index (κ1) is 59.7. The minimum absolute atomic E-state index is 0.00337. The molecular weight excluding hydrogens is 799 g/mol. The number of aliphatic carboxylic acids is 1. The molecule has 0 amide bonds. The van der Waals surface area contributed by atoms with E-state index in [0.29, 0.717) is 12.8 Å². The van der Waals surface area contributed by atoms with E-state index in [4.69, 9.17) is 14.2 Å². The van der Waals surface area contributed by atoms with Crippen LogP contribution in [0.2, 0.25) is 0 Å². The second-order valence-electron chi connectivity index (χ2n) is 17.0. The van der Waals surface area contributed by atoms with Gasteiger partial charge < -0.3 is 28.6 Å². The molecule has 2 unspecified atom stereocenters. The summed E-state index contributed by atoms with van der Waals surface area (Å²) in [5.41, 5.74) is 0. The van der Waals surface area contributed by atoms with Crippen molar-refractivity contribution < 1.29 is 38.2 Å². The predicted octanol–water partition coefficient (Wildman–Crippen LogP) is 12.9. The van der Waals surface area contributed by atoms with Gasteiger partial charge in [0.2, 0.25) is 0 Å². The second-order valence-corrected chi connectivity index (χ2v) is 17.0. The summed E-state index contributed by atoms with van der Waals surface area (Å²) in [5, 5.41) is 11.7. The Kier molecular flexibility index (Phi) is 42.3. The number of esters is 2. The topological polar surface area (TPSA) is 102 Å². The third-order valence-corrected chi connectivity index (χ3v) is 10.1. The zero-order valence-corrected chi connectivity index (χ0v) is 40.9. The van der Waals surface area contributed by atoms with E-state index in [2.05, 4.69) is 135 Å². The number of hydrogen-bond donors (Lipinski definition) is 0. The van der Waals surface area contributed by atoms with Gasteiger partial charge in [-0.25, -0.2) is 0 Å². The van der Waals surface area contributed by atoms with Crippen LogP contribution in [-0.4, -0.2) is 75.5 Å². The fourth-order valence-electron chi connectivity index (χ4n) is 6.29. The maximum absolute atomic E-state index is 12.8. The molecule has 0 heterocycles. The van der Waals surface area contributed by atoms with Gasteiger partial charge in [-0.1, -0.05) is 155 Å². The molecule has 0 aliphatic heterocycles. The number of unbranched alkanes of at least 4 members (excludes halogenated alkanes) is 8. The number of allylic oxidation sites excluding steroid dienone is 20. The number of likely N-dealkylation sites (N-methyl/N-ethyl adjacent to an activating group) is 1. The molecule has 0 aromatic heterocycles. The van der Waals surface area contributed by atoms with Gasteiger partial charge in [-0.3, -0.25) is 9.59 Å². The van der Waals surface area contributed by atoms with E-state index in [9.17, 15) is 19.5 Å². The van der Waals surface area contributed by atoms with E-state index >= 15 is 0 Å². The molecule has 0 spiro atoms. The van der Waals surface area contributed by atoms with Crippen molar-refractivity contribution >= 4 is 17.9 Å². The van der Waals surface area contributed by atoms with Crippen LogP contribution in [0.3, 0.4) is 0 Å². The zero-order chi connectivity index (χ0) is 47.0. The van der Waals surface area contributed by atoms with Crippen molar-refractivity contribution in [2.45, 2.75) is 174 Å². The van der Waals surface area contributed by atoms with Crippen LogP contribution in [0.4, 0.5) is 0 Å². The van der Waals surface area contributed by atoms with Gasteiger partial charge in [0.25, 0.3) is 0 Å². The highest BCUT2D eigenvalue weighted by Gasteiger charge is 2.25. The van der Waals surface area contributed by atoms with Crippen molar-refractivity contribution in [3.8, 4) is 0 Å². The third kappa shape index (κ3) is 43.0. The predicted molar refractivity (Wildman–Crippen MR) is 267 cm³/mol. The molecule has 0 saturated carbocycles. The van der Waals surface area contributed by atoms with Gasteiger partial charge in [0.1, 0.15) is 12.6 Å². The highest BCUT2D eigenvalue weighted by atomic mass is 16.6. The van der Waals surface area contributed by atoms with Crippen molar-refractivity contribution in [2.75, 3.05) is 41.0 Å². The Balaban J connectivity index is 4.47. The Bertz CT molecular complexity index is 1450. The van der Waals surface area contributed by atoms with Crippen molar-refractivity contribution in [1.82, 2.24) is 0 Å². The molecule has 0 N–H and O–H groups in total. The third-order valence-electron chi connectivity index (χ3n) is 10.1. The molecule has 2 atom stereocenters.